The van der Waals surface area contributed by atoms with Gasteiger partial charge < -0.3 is 71.9 Å². The summed E-state index contributed by atoms with van der Waals surface area (Å²) in [5.74, 6) is -8.69. The number of H-pyrrole nitrogens is 1. The number of ether oxygens (including phenoxy) is 7. The average molecular weight is 1590 g/mol. The zero-order valence-corrected chi connectivity index (χ0v) is 57.2. The molecule has 4 heterocycles. The van der Waals surface area contributed by atoms with Crippen molar-refractivity contribution in [3.05, 3.63) is 251 Å². The number of rotatable bonds is 16. The lowest BCUT2D eigenvalue weighted by atomic mass is 10.1. The Morgan fingerprint density at radius 2 is 0.827 bits per heavy atom. The van der Waals surface area contributed by atoms with Crippen LogP contribution in [0.15, 0.2) is 164 Å². The molecule has 0 saturated heterocycles. The molecule has 110 heavy (non-hydrogen) atoms. The zero-order valence-electron chi connectivity index (χ0n) is 56.4. The van der Waals surface area contributed by atoms with Gasteiger partial charge in [-0.2, -0.15) is 62.1 Å². The van der Waals surface area contributed by atoms with Crippen molar-refractivity contribution >= 4 is 58.3 Å². The minimum Gasteiger partial charge on any atom is -1.00 e. The minimum absolute atomic E-state index is 0. The standard InChI is InChI=1S/C17H17F3N2O3.C14H9F3N2O5.C14H11F3N2O3.C8H7NO5.C7H5NO5.C6H3F4N.ClH/c1-10(2)22-14-7-6-11(9-12(14)16(23)24-3)25-15-13(17(18,19)20)5-4-8-21-15;1-23-13(20)9-7-8(4-5-11(9)19(21)22)24-12-10(14(15,16)17)3-2-6-18-12;1-21-13(20)9-7-8(4-5-11(9)18)22-12-10(14(15,16)17)3-2-6-19-12;1-14-8(11)6-4-5(10)2-3-7(6)9(12)13;9-4-1-2-6(8(12)13)5(3-4)7(10)11;7-5-4(6(8,9)10)2-1-3-11-5;/h4-10,22H,1-3H3;2-7H,1H3;2-7H,18H2,1H3;2-4,10H,1H3;1-3,9H,(H,10,11);1-3H;1H. The number of halogens is 14. The molecule has 44 heteroatoms. The molecular formula is C66H53ClF13N9O21. The third kappa shape index (κ3) is 26.7. The van der Waals surface area contributed by atoms with Crippen LogP contribution in [0, 0.1) is 36.3 Å². The summed E-state index contributed by atoms with van der Waals surface area (Å²) in [6, 6.07) is 24.8. The number of methoxy groups -OCH3 is 4. The maximum Gasteiger partial charge on any atom is 0.426 e. The number of nitrogens with two attached hydrogens (primary N) is 1. The summed E-state index contributed by atoms with van der Waals surface area (Å²) in [5, 5.41) is 61.2. The second-order valence-corrected chi connectivity index (χ2v) is 20.6. The molecule has 9 rings (SSSR count). The Kier molecular flexibility index (Phi) is 33.0. The van der Waals surface area contributed by atoms with Crippen LogP contribution in [0.4, 0.5) is 85.5 Å². The molecular weight excluding hydrogens is 1540 g/mol. The minimum atomic E-state index is -4.70. The normalized spacial score (nSPS) is 10.7. The molecule has 0 aliphatic carbocycles. The van der Waals surface area contributed by atoms with Gasteiger partial charge in [0, 0.05) is 78.5 Å². The summed E-state index contributed by atoms with van der Waals surface area (Å²) >= 11 is 0. The Labute approximate surface area is 614 Å². The Bertz CT molecular complexity index is 4770. The molecule has 4 aromatic heterocycles. The van der Waals surface area contributed by atoms with Crippen LogP contribution in [-0.4, -0.2) is 109 Å². The number of nitro groups is 3. The lowest BCUT2D eigenvalue weighted by molar-refractivity contribution is -0.394. The van der Waals surface area contributed by atoms with Gasteiger partial charge in [-0.3, -0.25) is 30.3 Å². The molecule has 30 nitrogen and oxygen atoms in total. The first-order valence-corrected chi connectivity index (χ1v) is 29.3. The van der Waals surface area contributed by atoms with E-state index in [0.29, 0.717) is 11.8 Å². The number of esters is 4. The molecule has 586 valence electrons. The van der Waals surface area contributed by atoms with Crippen LogP contribution in [0.1, 0.15) is 87.9 Å². The first-order valence-electron chi connectivity index (χ1n) is 29.3. The molecule has 0 saturated carbocycles. The number of hydrogen-bond donors (Lipinski definition) is 5. The predicted molar refractivity (Wildman–Crippen MR) is 347 cm³/mol. The van der Waals surface area contributed by atoms with E-state index in [4.69, 9.17) is 40.0 Å². The van der Waals surface area contributed by atoms with Crippen molar-refractivity contribution in [2.24, 2.45) is 0 Å². The first-order chi connectivity index (χ1) is 50.9. The maximum atomic E-state index is 13.0. The number of pyridine rings is 4. The predicted octanol–water partition coefficient (Wildman–Crippen LogP) is 12.1. The van der Waals surface area contributed by atoms with Gasteiger partial charge in [-0.05, 0) is 111 Å². The fourth-order valence-electron chi connectivity index (χ4n) is 8.05. The van der Waals surface area contributed by atoms with E-state index < -0.39 is 143 Å². The number of anilines is 2. The monoisotopic (exact) mass is 1590 g/mol. The van der Waals surface area contributed by atoms with Gasteiger partial charge in [-0.25, -0.2) is 38.9 Å². The molecule has 0 aliphatic rings. The van der Waals surface area contributed by atoms with E-state index in [9.17, 15) is 111 Å². The largest absolute Gasteiger partial charge is 1.00 e. The Hall–Kier alpha value is -13.8. The number of carboxylic acids is 1. The number of carbonyl (C=O) groups excluding carboxylic acids is 4. The van der Waals surface area contributed by atoms with Crippen molar-refractivity contribution in [2.45, 2.75) is 44.6 Å². The molecule has 9 aromatic rings. The van der Waals surface area contributed by atoms with Gasteiger partial charge >= 0.3 is 60.4 Å². The topological polar surface area (TPSA) is 431 Å². The number of aromatic amines is 1. The van der Waals surface area contributed by atoms with E-state index in [0.717, 1.165) is 112 Å². The fraction of sp³-hybridized carbons (Fsp3) is 0.167. The van der Waals surface area contributed by atoms with Crippen LogP contribution < -0.4 is 42.7 Å². The van der Waals surface area contributed by atoms with E-state index in [-0.39, 0.29) is 69.6 Å². The number of benzene rings is 5. The quantitative estimate of drug-likeness (QED) is 0.0114. The van der Waals surface area contributed by atoms with E-state index >= 15 is 0 Å². The summed E-state index contributed by atoms with van der Waals surface area (Å²) < 4.78 is 197. The number of carbonyl (C=O) groups is 5. The Balaban J connectivity index is 0.000000350. The number of phenols is 2. The van der Waals surface area contributed by atoms with Crippen molar-refractivity contribution in [2.75, 3.05) is 39.5 Å². The van der Waals surface area contributed by atoms with E-state index in [1.54, 1.807) is 0 Å². The van der Waals surface area contributed by atoms with Crippen LogP contribution in [0.3, 0.4) is 0 Å². The number of alkyl halides is 12. The molecule has 0 bridgehead atoms. The molecule has 0 radical (unpaired) electrons. The highest BCUT2D eigenvalue weighted by molar-refractivity contribution is 5.97. The van der Waals surface area contributed by atoms with Gasteiger partial charge in [0.25, 0.3) is 17.1 Å². The number of nitro benzene ring substituents is 3. The van der Waals surface area contributed by atoms with Crippen molar-refractivity contribution in [1.29, 1.82) is 0 Å². The summed E-state index contributed by atoms with van der Waals surface area (Å²) in [6.45, 7) is 3.77. The van der Waals surface area contributed by atoms with Crippen molar-refractivity contribution in [3.8, 4) is 46.4 Å². The van der Waals surface area contributed by atoms with E-state index in [2.05, 4.69) is 39.5 Å². The number of aromatic hydroxyl groups is 2. The first kappa shape index (κ1) is 90.4. The van der Waals surface area contributed by atoms with Crippen LogP contribution in [-0.2, 0) is 43.7 Å². The maximum absolute atomic E-state index is 13.0. The number of hydrogen-bond acceptors (Lipinski definition) is 25. The number of carboxylic acid groups (broad SMARTS) is 1. The van der Waals surface area contributed by atoms with Gasteiger partial charge in [0.2, 0.25) is 17.7 Å². The number of aromatic carboxylic acids is 1. The summed E-state index contributed by atoms with van der Waals surface area (Å²) in [4.78, 5) is 98.2. The number of nitrogen functional groups attached to an aromatic ring is 1. The van der Waals surface area contributed by atoms with E-state index in [1.807, 2.05) is 13.8 Å². The van der Waals surface area contributed by atoms with E-state index in [1.165, 1.54) is 75.1 Å². The zero-order chi connectivity index (χ0) is 82.1. The summed E-state index contributed by atoms with van der Waals surface area (Å²) in [5.41, 5.74) is -0.767. The molecule has 5 aromatic carbocycles. The molecule has 0 spiro atoms. The summed E-state index contributed by atoms with van der Waals surface area (Å²) in [6.07, 6.45) is -14.0. The lowest BCUT2D eigenvalue weighted by Gasteiger charge is -2.16. The average Bonchev–Trinajstić information content (AvgIpc) is 0.818. The van der Waals surface area contributed by atoms with Crippen molar-refractivity contribution < 1.29 is 162 Å². The van der Waals surface area contributed by atoms with Crippen LogP contribution in [0.25, 0.3) is 0 Å². The van der Waals surface area contributed by atoms with Crippen molar-refractivity contribution in [3.63, 3.8) is 0 Å². The second-order valence-electron chi connectivity index (χ2n) is 20.6. The van der Waals surface area contributed by atoms with Gasteiger partial charge in [-0.15, -0.1) is 0 Å². The van der Waals surface area contributed by atoms with Gasteiger partial charge in [-0.1, -0.05) is 0 Å². The number of phenolic OH excluding ortho intramolecular Hbond substituents is 2. The Morgan fingerprint density at radius 3 is 1.25 bits per heavy atom. The third-order valence-corrected chi connectivity index (χ3v) is 12.8. The van der Waals surface area contributed by atoms with Crippen LogP contribution in [0.5, 0.6) is 46.4 Å². The summed E-state index contributed by atoms with van der Waals surface area (Å²) in [7, 11) is 4.51. The highest BCUT2D eigenvalue weighted by Gasteiger charge is 2.40. The molecule has 0 fully saturated rings. The number of nitrogens with zero attached hydrogens (tertiary/aromatic N) is 6. The van der Waals surface area contributed by atoms with Gasteiger partial charge in [0.1, 0.15) is 62.1 Å². The van der Waals surface area contributed by atoms with Gasteiger partial charge in [0.15, 0.2) is 11.8 Å². The lowest BCUT2D eigenvalue weighted by Crippen LogP contribution is -3.00. The molecule has 0 amide bonds. The van der Waals surface area contributed by atoms with Crippen LogP contribution >= 0.6 is 0 Å². The smallest absolute Gasteiger partial charge is 0.426 e. The third-order valence-electron chi connectivity index (χ3n) is 12.8. The Morgan fingerprint density at radius 1 is 0.473 bits per heavy atom. The molecule has 0 unspecified atom stereocenters. The second kappa shape index (κ2) is 40.1. The number of aromatic nitrogens is 4. The van der Waals surface area contributed by atoms with Crippen molar-refractivity contribution in [1.82, 2.24) is 15.0 Å². The highest BCUT2D eigenvalue weighted by atomic mass is 35.5. The number of nitrogens with one attached hydrogen (secondary N) is 2. The highest BCUT2D eigenvalue weighted by Crippen LogP contribution is 2.41. The molecule has 7 N–H and O–H groups in total. The van der Waals surface area contributed by atoms with Gasteiger partial charge in [0.05, 0.1) is 54.3 Å². The molecule has 0 atom stereocenters. The van der Waals surface area contributed by atoms with Crippen LogP contribution in [0.2, 0.25) is 0 Å². The molecule has 0 aliphatic heterocycles. The SMILES string of the molecule is COC(=O)c1cc(O)ccc1[N+](=O)[O-].COC(=O)c1cc(Oc2[nH+]cccc2C(F)(F)F)ccc1N.COC(=O)c1cc(Oc2ncccc2C(F)(F)F)ccc1NC(C)C.COC(=O)c1cc(Oc2ncccc2C(F)(F)F)ccc1[N+](=O)[O-].Fc1ncccc1C(F)(F)F.O=C(O)c1cc(O)ccc1[N+](=O)[O-].[Cl-]. The fourth-order valence-corrected chi connectivity index (χ4v) is 8.05.